The van der Waals surface area contributed by atoms with Gasteiger partial charge in [-0.15, -0.1) is 0 Å². The van der Waals surface area contributed by atoms with Crippen molar-refractivity contribution in [2.45, 2.75) is 27.2 Å². The Hall–Kier alpha value is -2.60. The van der Waals surface area contributed by atoms with Gasteiger partial charge in [0.2, 0.25) is 5.91 Å². The summed E-state index contributed by atoms with van der Waals surface area (Å²) in [6.45, 7) is 5.97. The zero-order valence-corrected chi connectivity index (χ0v) is 16.0. The van der Waals surface area contributed by atoms with E-state index in [1.807, 2.05) is 37.3 Å². The molecule has 2 N–H and O–H groups in total. The van der Waals surface area contributed by atoms with E-state index >= 15 is 0 Å². The SMILES string of the molecule is CCC(=O)Nc1ccc(C2=NNC(=Nc3ccc(C)cc3C)SC2)cc1. The van der Waals surface area contributed by atoms with Gasteiger partial charge in [-0.3, -0.25) is 10.2 Å². The third-order valence-corrected chi connectivity index (χ3v) is 4.90. The Kier molecular flexibility index (Phi) is 5.73. The van der Waals surface area contributed by atoms with Crippen molar-refractivity contribution < 1.29 is 4.79 Å². The lowest BCUT2D eigenvalue weighted by molar-refractivity contribution is -0.115. The maximum atomic E-state index is 11.4. The second-order valence-corrected chi connectivity index (χ2v) is 7.11. The van der Waals surface area contributed by atoms with Crippen molar-refractivity contribution in [1.29, 1.82) is 0 Å². The van der Waals surface area contributed by atoms with Gasteiger partial charge in [-0.25, -0.2) is 4.99 Å². The van der Waals surface area contributed by atoms with Gasteiger partial charge in [-0.05, 0) is 43.2 Å². The molecule has 26 heavy (non-hydrogen) atoms. The molecule has 1 aliphatic rings. The second-order valence-electron chi connectivity index (χ2n) is 6.14. The van der Waals surface area contributed by atoms with Crippen LogP contribution in [0.4, 0.5) is 11.4 Å². The smallest absolute Gasteiger partial charge is 0.224 e. The number of aliphatic imine (C=N–C) groups is 1. The summed E-state index contributed by atoms with van der Waals surface area (Å²) < 4.78 is 0. The van der Waals surface area contributed by atoms with E-state index in [1.54, 1.807) is 11.8 Å². The fraction of sp³-hybridized carbons (Fsp3) is 0.250. The van der Waals surface area contributed by atoms with E-state index in [1.165, 1.54) is 5.56 Å². The number of aryl methyl sites for hydroxylation is 2. The predicted octanol–water partition coefficient (Wildman–Crippen LogP) is 4.38. The Labute approximate surface area is 158 Å². The van der Waals surface area contributed by atoms with E-state index < -0.39 is 0 Å². The summed E-state index contributed by atoms with van der Waals surface area (Å²) in [6, 6.07) is 14.0. The number of amides is 1. The first kappa shape index (κ1) is 18.2. The molecule has 0 saturated carbocycles. The zero-order valence-electron chi connectivity index (χ0n) is 15.2. The standard InChI is InChI=1S/C20H22N4OS/c1-4-19(25)21-16-8-6-15(7-9-16)18-12-26-20(24-23-18)22-17-10-5-13(2)11-14(17)3/h5-11H,4,12H2,1-3H3,(H,21,25)(H,22,24). The van der Waals surface area contributed by atoms with Crippen molar-refractivity contribution in [3.63, 3.8) is 0 Å². The molecule has 0 aromatic heterocycles. The first-order valence-electron chi connectivity index (χ1n) is 8.56. The molecule has 2 aromatic carbocycles. The molecule has 0 fully saturated rings. The van der Waals surface area contributed by atoms with Crippen LogP contribution < -0.4 is 10.7 Å². The molecule has 0 aliphatic carbocycles. The number of benzene rings is 2. The van der Waals surface area contributed by atoms with E-state index in [0.29, 0.717) is 6.42 Å². The Balaban J connectivity index is 1.69. The minimum absolute atomic E-state index is 0.0113. The van der Waals surface area contributed by atoms with E-state index in [2.05, 4.69) is 46.8 Å². The highest BCUT2D eigenvalue weighted by Gasteiger charge is 2.13. The lowest BCUT2D eigenvalue weighted by Gasteiger charge is -2.15. The van der Waals surface area contributed by atoms with E-state index in [4.69, 9.17) is 0 Å². The lowest BCUT2D eigenvalue weighted by Crippen LogP contribution is -2.25. The molecule has 0 atom stereocenters. The summed E-state index contributed by atoms with van der Waals surface area (Å²) in [5.74, 6) is 0.759. The van der Waals surface area contributed by atoms with Gasteiger partial charge < -0.3 is 5.32 Å². The van der Waals surface area contributed by atoms with Gasteiger partial charge in [0, 0.05) is 17.9 Å². The van der Waals surface area contributed by atoms with Gasteiger partial charge in [-0.2, -0.15) is 5.10 Å². The van der Waals surface area contributed by atoms with Crippen molar-refractivity contribution in [2.75, 3.05) is 11.1 Å². The number of hydrogen-bond donors (Lipinski definition) is 2. The summed E-state index contributed by atoms with van der Waals surface area (Å²) in [4.78, 5) is 16.1. The molecule has 0 radical (unpaired) electrons. The molecule has 0 spiro atoms. The molecule has 3 rings (SSSR count). The maximum absolute atomic E-state index is 11.4. The van der Waals surface area contributed by atoms with E-state index in [0.717, 1.165) is 39.1 Å². The van der Waals surface area contributed by atoms with Crippen molar-refractivity contribution in [2.24, 2.45) is 10.1 Å². The predicted molar refractivity (Wildman–Crippen MR) is 111 cm³/mol. The van der Waals surface area contributed by atoms with Crippen molar-refractivity contribution in [1.82, 2.24) is 5.43 Å². The van der Waals surface area contributed by atoms with Crippen LogP contribution in [-0.4, -0.2) is 22.5 Å². The summed E-state index contributed by atoms with van der Waals surface area (Å²) in [5.41, 5.74) is 9.18. The highest BCUT2D eigenvalue weighted by atomic mass is 32.2. The Morgan fingerprint density at radius 1 is 1.23 bits per heavy atom. The third-order valence-electron chi connectivity index (χ3n) is 4.03. The number of carbonyl (C=O) groups is 1. The lowest BCUT2D eigenvalue weighted by atomic mass is 10.1. The number of hydrazone groups is 1. The Bertz CT molecular complexity index is 872. The van der Waals surface area contributed by atoms with Crippen LogP contribution in [0.5, 0.6) is 0 Å². The number of rotatable bonds is 4. The summed E-state index contributed by atoms with van der Waals surface area (Å²) in [5, 5.41) is 8.10. The molecule has 1 amide bonds. The van der Waals surface area contributed by atoms with Gasteiger partial charge in [0.05, 0.1) is 11.4 Å². The van der Waals surface area contributed by atoms with Gasteiger partial charge in [0.15, 0.2) is 5.17 Å². The number of amidine groups is 1. The molecule has 1 heterocycles. The van der Waals surface area contributed by atoms with Crippen molar-refractivity contribution in [3.05, 3.63) is 59.2 Å². The molecule has 0 saturated heterocycles. The van der Waals surface area contributed by atoms with E-state index in [-0.39, 0.29) is 5.91 Å². The number of thioether (sulfide) groups is 1. The van der Waals surface area contributed by atoms with Crippen molar-refractivity contribution >= 4 is 39.9 Å². The second kappa shape index (κ2) is 8.19. The van der Waals surface area contributed by atoms with Crippen LogP contribution in [0, 0.1) is 13.8 Å². The summed E-state index contributed by atoms with van der Waals surface area (Å²) in [7, 11) is 0. The third kappa shape index (κ3) is 4.52. The Morgan fingerprint density at radius 2 is 2.00 bits per heavy atom. The number of nitrogens with zero attached hydrogens (tertiary/aromatic N) is 2. The molecular weight excluding hydrogens is 344 g/mol. The van der Waals surface area contributed by atoms with Crippen LogP contribution in [0.25, 0.3) is 0 Å². The first-order valence-corrected chi connectivity index (χ1v) is 9.55. The van der Waals surface area contributed by atoms with E-state index in [9.17, 15) is 4.79 Å². The molecule has 2 aromatic rings. The number of anilines is 1. The van der Waals surface area contributed by atoms with Crippen LogP contribution >= 0.6 is 11.8 Å². The molecule has 1 aliphatic heterocycles. The van der Waals surface area contributed by atoms with Crippen LogP contribution in [-0.2, 0) is 4.79 Å². The minimum Gasteiger partial charge on any atom is -0.326 e. The summed E-state index contributed by atoms with van der Waals surface area (Å²) >= 11 is 1.63. The highest BCUT2D eigenvalue weighted by Crippen LogP contribution is 2.23. The average molecular weight is 366 g/mol. The van der Waals surface area contributed by atoms with Crippen LogP contribution in [0.3, 0.4) is 0 Å². The normalized spacial score (nSPS) is 15.3. The topological polar surface area (TPSA) is 65.8 Å². The molecule has 5 nitrogen and oxygen atoms in total. The quantitative estimate of drug-likeness (QED) is 0.844. The largest absolute Gasteiger partial charge is 0.326 e. The molecule has 0 bridgehead atoms. The highest BCUT2D eigenvalue weighted by molar-refractivity contribution is 8.14. The van der Waals surface area contributed by atoms with Crippen LogP contribution in [0.1, 0.15) is 30.0 Å². The maximum Gasteiger partial charge on any atom is 0.224 e. The summed E-state index contributed by atoms with van der Waals surface area (Å²) in [6.07, 6.45) is 0.470. The van der Waals surface area contributed by atoms with Crippen LogP contribution in [0.2, 0.25) is 0 Å². The average Bonchev–Trinajstić information content (AvgIpc) is 2.65. The van der Waals surface area contributed by atoms with Crippen molar-refractivity contribution in [3.8, 4) is 0 Å². The Morgan fingerprint density at radius 3 is 2.62 bits per heavy atom. The molecule has 134 valence electrons. The fourth-order valence-corrected chi connectivity index (χ4v) is 3.34. The van der Waals surface area contributed by atoms with Crippen LogP contribution in [0.15, 0.2) is 52.6 Å². The van der Waals surface area contributed by atoms with Gasteiger partial charge in [0.1, 0.15) is 0 Å². The van der Waals surface area contributed by atoms with Gasteiger partial charge >= 0.3 is 0 Å². The zero-order chi connectivity index (χ0) is 18.5. The first-order chi connectivity index (χ1) is 12.5. The molecule has 6 heteroatoms. The monoisotopic (exact) mass is 366 g/mol. The number of carbonyl (C=O) groups excluding carboxylic acids is 1. The van der Waals surface area contributed by atoms with Gasteiger partial charge in [0.25, 0.3) is 0 Å². The molecule has 0 unspecified atom stereocenters. The molecular formula is C20H22N4OS. The fourth-order valence-electron chi connectivity index (χ4n) is 2.56. The van der Waals surface area contributed by atoms with Gasteiger partial charge in [-0.1, -0.05) is 48.5 Å². The minimum atomic E-state index is 0.0113. The number of hydrogen-bond acceptors (Lipinski definition) is 4. The number of nitrogens with one attached hydrogen (secondary N) is 2.